The third-order valence-corrected chi connectivity index (χ3v) is 3.76. The van der Waals surface area contributed by atoms with Crippen LogP contribution in [0, 0.1) is 0 Å². The summed E-state index contributed by atoms with van der Waals surface area (Å²) < 4.78 is 0. The van der Waals surface area contributed by atoms with Gasteiger partial charge < -0.3 is 5.32 Å². The summed E-state index contributed by atoms with van der Waals surface area (Å²) in [5.41, 5.74) is 2.76. The number of benzene rings is 1. The third kappa shape index (κ3) is 3.17. The van der Waals surface area contributed by atoms with E-state index in [1.165, 1.54) is 0 Å². The Bertz CT molecular complexity index is 759. The van der Waals surface area contributed by atoms with Gasteiger partial charge in [0, 0.05) is 23.9 Å². The first-order valence-electron chi connectivity index (χ1n) is 6.31. The Balaban J connectivity index is 1.77. The van der Waals surface area contributed by atoms with Crippen LogP contribution in [0.25, 0.3) is 5.57 Å². The molecule has 21 heavy (non-hydrogen) atoms. The average Bonchev–Trinajstić information content (AvgIpc) is 2.92. The van der Waals surface area contributed by atoms with Gasteiger partial charge in [0.15, 0.2) is 5.82 Å². The molecule has 1 aliphatic rings. The molecule has 2 heterocycles. The fourth-order valence-corrected chi connectivity index (χ4v) is 2.26. The number of nitrogens with zero attached hydrogens (tertiary/aromatic N) is 2. The molecule has 1 aromatic heterocycles. The first-order valence-corrected chi connectivity index (χ1v) is 7.07. The highest BCUT2D eigenvalue weighted by molar-refractivity contribution is 6.42. The second kappa shape index (κ2) is 5.76. The third-order valence-electron chi connectivity index (χ3n) is 3.02. The minimum atomic E-state index is 0.537. The second-order valence-corrected chi connectivity index (χ2v) is 5.45. The number of halogens is 2. The minimum Gasteiger partial charge on any atom is -0.361 e. The highest BCUT2D eigenvalue weighted by Gasteiger charge is 2.10. The van der Waals surface area contributed by atoms with E-state index < -0.39 is 0 Å². The molecule has 106 valence electrons. The largest absolute Gasteiger partial charge is 0.361 e. The molecule has 2 aromatic rings. The predicted molar refractivity (Wildman–Crippen MR) is 85.0 cm³/mol. The van der Waals surface area contributed by atoms with Crippen LogP contribution in [0.2, 0.25) is 10.0 Å². The Kier molecular flexibility index (Phi) is 3.82. The standard InChI is InChI=1S/C15H12Cl2N4/c1-9-2-4-11(8-18-9)15-19-14(20-21-15)7-10-3-5-12(16)13(17)6-10/h2-6,8,18H,1,7H2,(H,19,20,21). The topological polar surface area (TPSA) is 53.6 Å². The average molecular weight is 319 g/mol. The lowest BCUT2D eigenvalue weighted by Gasteiger charge is -2.06. The quantitative estimate of drug-likeness (QED) is 0.907. The van der Waals surface area contributed by atoms with Crippen LogP contribution in [0.3, 0.4) is 0 Å². The van der Waals surface area contributed by atoms with E-state index in [4.69, 9.17) is 23.2 Å². The molecule has 0 saturated carbocycles. The van der Waals surface area contributed by atoms with E-state index in [-0.39, 0.29) is 0 Å². The van der Waals surface area contributed by atoms with Gasteiger partial charge in [-0.25, -0.2) is 4.98 Å². The summed E-state index contributed by atoms with van der Waals surface area (Å²) in [5.74, 6) is 1.41. The molecule has 0 bridgehead atoms. The maximum absolute atomic E-state index is 6.01. The molecule has 1 aliphatic heterocycles. The second-order valence-electron chi connectivity index (χ2n) is 4.63. The minimum absolute atomic E-state index is 0.537. The molecule has 2 N–H and O–H groups in total. The van der Waals surface area contributed by atoms with Crippen molar-refractivity contribution in [3.63, 3.8) is 0 Å². The van der Waals surface area contributed by atoms with Crippen LogP contribution in [0.15, 0.2) is 48.8 Å². The lowest BCUT2D eigenvalue weighted by molar-refractivity contribution is 0.971. The summed E-state index contributed by atoms with van der Waals surface area (Å²) in [6.07, 6.45) is 6.24. The van der Waals surface area contributed by atoms with Crippen LogP contribution in [0.4, 0.5) is 0 Å². The van der Waals surface area contributed by atoms with Crippen molar-refractivity contribution in [2.45, 2.75) is 6.42 Å². The molecule has 0 radical (unpaired) electrons. The van der Waals surface area contributed by atoms with Crippen LogP contribution in [0.5, 0.6) is 0 Å². The van der Waals surface area contributed by atoms with Crippen molar-refractivity contribution in [1.29, 1.82) is 0 Å². The summed E-state index contributed by atoms with van der Waals surface area (Å²) in [7, 11) is 0. The van der Waals surface area contributed by atoms with Crippen molar-refractivity contribution in [2.24, 2.45) is 0 Å². The number of H-pyrrole nitrogens is 1. The van der Waals surface area contributed by atoms with Crippen molar-refractivity contribution in [3.8, 4) is 0 Å². The molecule has 0 amide bonds. The van der Waals surface area contributed by atoms with Crippen molar-refractivity contribution < 1.29 is 0 Å². The zero-order valence-electron chi connectivity index (χ0n) is 11.0. The van der Waals surface area contributed by atoms with Gasteiger partial charge >= 0.3 is 0 Å². The molecule has 0 atom stereocenters. The lowest BCUT2D eigenvalue weighted by atomic mass is 10.1. The lowest BCUT2D eigenvalue weighted by Crippen LogP contribution is -2.06. The fraction of sp³-hybridized carbons (Fsp3) is 0.0667. The first-order chi connectivity index (χ1) is 10.1. The molecule has 4 nitrogen and oxygen atoms in total. The Morgan fingerprint density at radius 3 is 2.71 bits per heavy atom. The molecule has 0 fully saturated rings. The van der Waals surface area contributed by atoms with Gasteiger partial charge in [0.2, 0.25) is 0 Å². The van der Waals surface area contributed by atoms with Crippen molar-refractivity contribution in [1.82, 2.24) is 20.5 Å². The number of hydrogen-bond acceptors (Lipinski definition) is 3. The van der Waals surface area contributed by atoms with Gasteiger partial charge in [0.1, 0.15) is 5.82 Å². The van der Waals surface area contributed by atoms with Crippen molar-refractivity contribution in [3.05, 3.63) is 76.1 Å². The Labute approximate surface area is 132 Å². The zero-order valence-corrected chi connectivity index (χ0v) is 12.5. The summed E-state index contributed by atoms with van der Waals surface area (Å²) in [6, 6.07) is 5.53. The summed E-state index contributed by atoms with van der Waals surface area (Å²) in [6.45, 7) is 3.80. The molecule has 0 unspecified atom stereocenters. The number of aromatic amines is 1. The Morgan fingerprint density at radius 2 is 2.00 bits per heavy atom. The van der Waals surface area contributed by atoms with E-state index in [0.29, 0.717) is 22.3 Å². The maximum atomic E-state index is 6.01. The number of allylic oxidation sites excluding steroid dienone is 3. The summed E-state index contributed by atoms with van der Waals surface area (Å²) in [5, 5.41) is 11.3. The Hall–Kier alpha value is -2.04. The smallest absolute Gasteiger partial charge is 0.182 e. The zero-order chi connectivity index (χ0) is 14.8. The fourth-order valence-electron chi connectivity index (χ4n) is 1.94. The Morgan fingerprint density at radius 1 is 1.14 bits per heavy atom. The van der Waals surface area contributed by atoms with Crippen LogP contribution >= 0.6 is 23.2 Å². The van der Waals surface area contributed by atoms with E-state index in [2.05, 4.69) is 27.1 Å². The van der Waals surface area contributed by atoms with Crippen molar-refractivity contribution in [2.75, 3.05) is 0 Å². The molecule has 3 rings (SSSR count). The number of aromatic nitrogens is 3. The molecule has 0 saturated heterocycles. The molecule has 6 heteroatoms. The van der Waals surface area contributed by atoms with E-state index in [9.17, 15) is 0 Å². The van der Waals surface area contributed by atoms with E-state index in [1.807, 2.05) is 30.5 Å². The predicted octanol–water partition coefficient (Wildman–Crippen LogP) is 3.72. The summed E-state index contributed by atoms with van der Waals surface area (Å²) >= 11 is 11.9. The summed E-state index contributed by atoms with van der Waals surface area (Å²) in [4.78, 5) is 4.47. The molecule has 0 aliphatic carbocycles. The SMILES string of the molecule is C=C1C=CC(c2n[nH]c(Cc3ccc(Cl)c(Cl)c3)n2)=CN1. The van der Waals surface area contributed by atoms with Gasteiger partial charge in [-0.1, -0.05) is 35.8 Å². The van der Waals surface area contributed by atoms with Crippen LogP contribution in [0.1, 0.15) is 17.2 Å². The number of nitrogens with one attached hydrogen (secondary N) is 2. The highest BCUT2D eigenvalue weighted by Crippen LogP contribution is 2.23. The van der Waals surface area contributed by atoms with Gasteiger partial charge in [-0.15, -0.1) is 0 Å². The van der Waals surface area contributed by atoms with E-state index in [0.717, 1.165) is 22.7 Å². The molecule has 0 spiro atoms. The van der Waals surface area contributed by atoms with Gasteiger partial charge in [-0.3, -0.25) is 5.10 Å². The van der Waals surface area contributed by atoms with Crippen LogP contribution < -0.4 is 5.32 Å². The monoisotopic (exact) mass is 318 g/mol. The number of hydrogen-bond donors (Lipinski definition) is 2. The van der Waals surface area contributed by atoms with E-state index in [1.54, 1.807) is 6.07 Å². The van der Waals surface area contributed by atoms with Crippen LogP contribution in [-0.4, -0.2) is 15.2 Å². The number of rotatable bonds is 3. The van der Waals surface area contributed by atoms with Gasteiger partial charge in [-0.2, -0.15) is 5.10 Å². The number of dihydropyridines is 1. The first kappa shape index (κ1) is 13.9. The molecular formula is C15H12Cl2N4. The van der Waals surface area contributed by atoms with Gasteiger partial charge in [0.25, 0.3) is 0 Å². The van der Waals surface area contributed by atoms with E-state index >= 15 is 0 Å². The molecular weight excluding hydrogens is 307 g/mol. The highest BCUT2D eigenvalue weighted by atomic mass is 35.5. The van der Waals surface area contributed by atoms with Crippen molar-refractivity contribution >= 4 is 28.8 Å². The maximum Gasteiger partial charge on any atom is 0.182 e. The van der Waals surface area contributed by atoms with Gasteiger partial charge in [-0.05, 0) is 29.8 Å². The normalized spacial score (nSPS) is 14.0. The van der Waals surface area contributed by atoms with Gasteiger partial charge in [0.05, 0.1) is 10.0 Å². The molecule has 1 aromatic carbocycles. The van der Waals surface area contributed by atoms with Crippen LogP contribution in [-0.2, 0) is 6.42 Å².